The van der Waals surface area contributed by atoms with Crippen molar-refractivity contribution in [1.29, 1.82) is 0 Å². The third-order valence-electron chi connectivity index (χ3n) is 2.39. The van der Waals surface area contributed by atoms with Crippen LogP contribution in [-0.2, 0) is 13.6 Å². The van der Waals surface area contributed by atoms with Crippen molar-refractivity contribution < 1.29 is 0 Å². The molecule has 0 radical (unpaired) electrons. The molecule has 0 aliphatic carbocycles. The highest BCUT2D eigenvalue weighted by Crippen LogP contribution is 1.94. The fourth-order valence-corrected chi connectivity index (χ4v) is 1.50. The van der Waals surface area contributed by atoms with Crippen molar-refractivity contribution in [3.63, 3.8) is 0 Å². The Labute approximate surface area is 98.5 Å². The first-order valence-electron chi connectivity index (χ1n) is 5.99. The molecule has 0 saturated carbocycles. The number of hydrogen-bond donors (Lipinski definition) is 2. The van der Waals surface area contributed by atoms with Gasteiger partial charge >= 0.3 is 0 Å². The van der Waals surface area contributed by atoms with Crippen LogP contribution in [-0.4, -0.2) is 28.7 Å². The van der Waals surface area contributed by atoms with Gasteiger partial charge in [-0.05, 0) is 19.4 Å². The molecule has 92 valence electrons. The van der Waals surface area contributed by atoms with Gasteiger partial charge < -0.3 is 15.2 Å². The Morgan fingerprint density at radius 1 is 1.31 bits per heavy atom. The van der Waals surface area contributed by atoms with Gasteiger partial charge in [0.2, 0.25) is 0 Å². The van der Waals surface area contributed by atoms with Crippen molar-refractivity contribution >= 4 is 0 Å². The van der Waals surface area contributed by atoms with Gasteiger partial charge in [0.25, 0.3) is 0 Å². The summed E-state index contributed by atoms with van der Waals surface area (Å²) in [7, 11) is 1.99. The largest absolute Gasteiger partial charge is 0.340 e. The lowest BCUT2D eigenvalue weighted by Gasteiger charge is -2.14. The Balaban J connectivity index is 2.12. The van der Waals surface area contributed by atoms with Crippen LogP contribution in [0.25, 0.3) is 0 Å². The highest BCUT2D eigenvalue weighted by molar-refractivity contribution is 4.95. The maximum atomic E-state index is 4.28. The molecule has 0 bridgehead atoms. The Kier molecular flexibility index (Phi) is 5.49. The highest BCUT2D eigenvalue weighted by Gasteiger charge is 2.03. The second-order valence-electron chi connectivity index (χ2n) is 4.86. The first-order valence-corrected chi connectivity index (χ1v) is 5.99. The van der Waals surface area contributed by atoms with Crippen LogP contribution in [0.5, 0.6) is 0 Å². The maximum Gasteiger partial charge on any atom is 0.0947 e. The Morgan fingerprint density at radius 2 is 2.06 bits per heavy atom. The van der Waals surface area contributed by atoms with Crippen molar-refractivity contribution in [2.45, 2.75) is 33.4 Å². The standard InChI is InChI=1S/C12H24N4/c1-10(2)5-13-6-11(3)14-7-12-8-16(4)9-15-12/h8-11,13-14H,5-7H2,1-4H3. The molecular weight excluding hydrogens is 200 g/mol. The number of aryl methyl sites for hydroxylation is 1. The number of imidazole rings is 1. The van der Waals surface area contributed by atoms with Gasteiger partial charge in [-0.1, -0.05) is 13.8 Å². The zero-order valence-electron chi connectivity index (χ0n) is 10.8. The minimum absolute atomic E-state index is 0.473. The average molecular weight is 224 g/mol. The predicted molar refractivity (Wildman–Crippen MR) is 67.2 cm³/mol. The normalized spacial score (nSPS) is 13.3. The molecule has 1 rings (SSSR count). The molecule has 16 heavy (non-hydrogen) atoms. The van der Waals surface area contributed by atoms with E-state index in [1.165, 1.54) is 0 Å². The number of nitrogens with zero attached hydrogens (tertiary/aromatic N) is 2. The van der Waals surface area contributed by atoms with Gasteiger partial charge in [-0.25, -0.2) is 4.98 Å². The van der Waals surface area contributed by atoms with Crippen LogP contribution in [0.1, 0.15) is 26.5 Å². The molecule has 2 N–H and O–H groups in total. The summed E-state index contributed by atoms with van der Waals surface area (Å²) in [6.07, 6.45) is 3.87. The molecule has 1 aromatic heterocycles. The summed E-state index contributed by atoms with van der Waals surface area (Å²) in [5.74, 6) is 0.711. The van der Waals surface area contributed by atoms with Gasteiger partial charge in [-0.15, -0.1) is 0 Å². The fraction of sp³-hybridized carbons (Fsp3) is 0.750. The van der Waals surface area contributed by atoms with Crippen LogP contribution in [0.4, 0.5) is 0 Å². The minimum Gasteiger partial charge on any atom is -0.340 e. The van der Waals surface area contributed by atoms with Crippen molar-refractivity contribution in [3.8, 4) is 0 Å². The molecule has 1 aromatic rings. The molecule has 0 aromatic carbocycles. The number of hydrogen-bond acceptors (Lipinski definition) is 3. The van der Waals surface area contributed by atoms with E-state index < -0.39 is 0 Å². The molecule has 0 aliphatic heterocycles. The number of nitrogens with one attached hydrogen (secondary N) is 2. The highest BCUT2D eigenvalue weighted by atomic mass is 15.0. The molecule has 0 amide bonds. The third kappa shape index (κ3) is 5.28. The van der Waals surface area contributed by atoms with Crippen LogP contribution in [0, 0.1) is 5.92 Å². The summed E-state index contributed by atoms with van der Waals surface area (Å²) in [6.45, 7) is 9.56. The maximum absolute atomic E-state index is 4.28. The van der Waals surface area contributed by atoms with E-state index >= 15 is 0 Å². The van der Waals surface area contributed by atoms with Crippen LogP contribution in [0.3, 0.4) is 0 Å². The van der Waals surface area contributed by atoms with E-state index in [-0.39, 0.29) is 0 Å². The molecule has 0 saturated heterocycles. The topological polar surface area (TPSA) is 41.9 Å². The lowest BCUT2D eigenvalue weighted by atomic mass is 10.2. The molecule has 0 spiro atoms. The lowest BCUT2D eigenvalue weighted by molar-refractivity contribution is 0.470. The quantitative estimate of drug-likeness (QED) is 0.730. The molecule has 0 fully saturated rings. The average Bonchev–Trinajstić information content (AvgIpc) is 2.61. The minimum atomic E-state index is 0.473. The lowest BCUT2D eigenvalue weighted by Crippen LogP contribution is -2.37. The summed E-state index contributed by atoms with van der Waals surface area (Å²) < 4.78 is 1.97. The van der Waals surface area contributed by atoms with Crippen LogP contribution < -0.4 is 10.6 Å². The molecule has 1 atom stereocenters. The molecule has 0 aliphatic rings. The molecule has 4 nitrogen and oxygen atoms in total. The zero-order valence-corrected chi connectivity index (χ0v) is 10.8. The van der Waals surface area contributed by atoms with Gasteiger partial charge in [-0.2, -0.15) is 0 Å². The first kappa shape index (κ1) is 13.2. The molecular formula is C12H24N4. The zero-order chi connectivity index (χ0) is 12.0. The monoisotopic (exact) mass is 224 g/mol. The van der Waals surface area contributed by atoms with E-state index in [1.54, 1.807) is 0 Å². The predicted octanol–water partition coefficient (Wildman–Crippen LogP) is 1.14. The summed E-state index contributed by atoms with van der Waals surface area (Å²) in [4.78, 5) is 4.28. The van der Waals surface area contributed by atoms with Crippen LogP contribution in [0.15, 0.2) is 12.5 Å². The van der Waals surface area contributed by atoms with Crippen LogP contribution >= 0.6 is 0 Å². The van der Waals surface area contributed by atoms with Crippen molar-refractivity contribution in [3.05, 3.63) is 18.2 Å². The van der Waals surface area contributed by atoms with Crippen LogP contribution in [0.2, 0.25) is 0 Å². The van der Waals surface area contributed by atoms with Gasteiger partial charge in [0, 0.05) is 32.4 Å². The SMILES string of the molecule is CC(C)CNCC(C)NCc1cn(C)cn1. The number of aromatic nitrogens is 2. The molecule has 4 heteroatoms. The Hall–Kier alpha value is -0.870. The van der Waals surface area contributed by atoms with E-state index in [9.17, 15) is 0 Å². The molecule has 1 unspecified atom stereocenters. The van der Waals surface area contributed by atoms with Crippen molar-refractivity contribution in [1.82, 2.24) is 20.2 Å². The van der Waals surface area contributed by atoms with Gasteiger partial charge in [0.15, 0.2) is 0 Å². The molecule has 1 heterocycles. The van der Waals surface area contributed by atoms with Crippen molar-refractivity contribution in [2.24, 2.45) is 13.0 Å². The van der Waals surface area contributed by atoms with Gasteiger partial charge in [0.05, 0.1) is 12.0 Å². The summed E-state index contributed by atoms with van der Waals surface area (Å²) in [5.41, 5.74) is 1.10. The summed E-state index contributed by atoms with van der Waals surface area (Å²) in [5, 5.41) is 6.89. The number of rotatable bonds is 7. The fourth-order valence-electron chi connectivity index (χ4n) is 1.50. The van der Waals surface area contributed by atoms with E-state index in [1.807, 2.05) is 24.1 Å². The van der Waals surface area contributed by atoms with Gasteiger partial charge in [-0.3, -0.25) is 0 Å². The van der Waals surface area contributed by atoms with E-state index in [0.717, 1.165) is 25.3 Å². The summed E-state index contributed by atoms with van der Waals surface area (Å²) in [6, 6.07) is 0.473. The van der Waals surface area contributed by atoms with E-state index in [0.29, 0.717) is 12.0 Å². The second kappa shape index (κ2) is 6.66. The Morgan fingerprint density at radius 3 is 2.62 bits per heavy atom. The van der Waals surface area contributed by atoms with E-state index in [2.05, 4.69) is 36.4 Å². The van der Waals surface area contributed by atoms with Gasteiger partial charge in [0.1, 0.15) is 0 Å². The third-order valence-corrected chi connectivity index (χ3v) is 2.39. The Bertz CT molecular complexity index is 293. The second-order valence-corrected chi connectivity index (χ2v) is 4.86. The first-order chi connectivity index (χ1) is 7.58. The summed E-state index contributed by atoms with van der Waals surface area (Å²) >= 11 is 0. The van der Waals surface area contributed by atoms with E-state index in [4.69, 9.17) is 0 Å². The van der Waals surface area contributed by atoms with Crippen molar-refractivity contribution in [2.75, 3.05) is 13.1 Å². The smallest absolute Gasteiger partial charge is 0.0947 e.